The van der Waals surface area contributed by atoms with Gasteiger partial charge in [-0.3, -0.25) is 9.20 Å². The monoisotopic (exact) mass is 327 g/mol. The maximum absolute atomic E-state index is 12.1. The summed E-state index contributed by atoms with van der Waals surface area (Å²) in [5.41, 5.74) is 0. The lowest BCUT2D eigenvalue weighted by Gasteiger charge is -2.30. The molecular formula is C17H33N3OS. The van der Waals surface area contributed by atoms with Crippen molar-refractivity contribution < 1.29 is 4.21 Å². The van der Waals surface area contributed by atoms with Crippen molar-refractivity contribution in [2.24, 2.45) is 10.9 Å². The molecule has 5 unspecified atom stereocenters. The second-order valence-electron chi connectivity index (χ2n) is 6.66. The molecule has 2 N–H and O–H groups in total. The van der Waals surface area contributed by atoms with Gasteiger partial charge >= 0.3 is 0 Å². The molecule has 0 aromatic rings. The Kier molecular flexibility index (Phi) is 7.19. The van der Waals surface area contributed by atoms with Gasteiger partial charge in [-0.1, -0.05) is 26.7 Å². The van der Waals surface area contributed by atoms with Crippen molar-refractivity contribution in [3.8, 4) is 0 Å². The average molecular weight is 328 g/mol. The van der Waals surface area contributed by atoms with Crippen molar-refractivity contribution in [2.45, 2.75) is 83.1 Å². The Balaban J connectivity index is 1.83. The number of hydrogen-bond acceptors (Lipinski definition) is 2. The zero-order chi connectivity index (χ0) is 15.9. The number of nitrogens with zero attached hydrogens (tertiary/aromatic N) is 1. The zero-order valence-electron chi connectivity index (χ0n) is 14.4. The van der Waals surface area contributed by atoms with Crippen LogP contribution in [-0.4, -0.2) is 39.8 Å². The highest BCUT2D eigenvalue weighted by atomic mass is 32.2. The van der Waals surface area contributed by atoms with Crippen LogP contribution in [0.15, 0.2) is 4.99 Å². The maximum atomic E-state index is 12.1. The van der Waals surface area contributed by atoms with E-state index in [2.05, 4.69) is 29.5 Å². The van der Waals surface area contributed by atoms with Crippen molar-refractivity contribution in [1.29, 1.82) is 0 Å². The van der Waals surface area contributed by atoms with Gasteiger partial charge in [0.1, 0.15) is 0 Å². The number of rotatable bonds is 7. The van der Waals surface area contributed by atoms with Gasteiger partial charge in [0.25, 0.3) is 0 Å². The van der Waals surface area contributed by atoms with E-state index in [4.69, 9.17) is 0 Å². The molecule has 0 aromatic carbocycles. The molecule has 0 heterocycles. The van der Waals surface area contributed by atoms with Gasteiger partial charge in [-0.15, -0.1) is 0 Å². The van der Waals surface area contributed by atoms with Crippen molar-refractivity contribution in [3.63, 3.8) is 0 Å². The first-order valence-corrected chi connectivity index (χ1v) is 10.5. The standard InChI is InChI=1S/C17H33N3OS/c1-4-8-13-11-16(13)20-17(18-5-2)19-14-9-7-10-15(12-14)22(21)6-3/h13-16H,4-12H2,1-3H3,(H2,18,19,20). The van der Waals surface area contributed by atoms with Gasteiger partial charge in [0.05, 0.1) is 0 Å². The molecule has 0 saturated heterocycles. The topological polar surface area (TPSA) is 53.5 Å². The van der Waals surface area contributed by atoms with Crippen LogP contribution >= 0.6 is 0 Å². The fraction of sp³-hybridized carbons (Fsp3) is 0.941. The van der Waals surface area contributed by atoms with E-state index in [1.165, 1.54) is 32.1 Å². The molecule has 22 heavy (non-hydrogen) atoms. The van der Waals surface area contributed by atoms with E-state index in [1.54, 1.807) is 0 Å². The Morgan fingerprint density at radius 2 is 2.00 bits per heavy atom. The van der Waals surface area contributed by atoms with Gasteiger partial charge in [0.2, 0.25) is 0 Å². The minimum absolute atomic E-state index is 0.368. The molecule has 2 rings (SSSR count). The Hall–Kier alpha value is -0.580. The summed E-state index contributed by atoms with van der Waals surface area (Å²) >= 11 is 0. The molecular weight excluding hydrogens is 294 g/mol. The third-order valence-corrected chi connectivity index (χ3v) is 6.58. The quantitative estimate of drug-likeness (QED) is 0.558. The smallest absolute Gasteiger partial charge is 0.191 e. The van der Waals surface area contributed by atoms with Crippen molar-refractivity contribution in [1.82, 2.24) is 10.6 Å². The van der Waals surface area contributed by atoms with Crippen LogP contribution in [0.2, 0.25) is 0 Å². The summed E-state index contributed by atoms with van der Waals surface area (Å²) in [5, 5.41) is 7.57. The van der Waals surface area contributed by atoms with E-state index in [9.17, 15) is 4.21 Å². The highest BCUT2D eigenvalue weighted by molar-refractivity contribution is 7.85. The van der Waals surface area contributed by atoms with Crippen LogP contribution in [0.1, 0.15) is 65.7 Å². The fourth-order valence-corrected chi connectivity index (χ4v) is 4.87. The maximum Gasteiger partial charge on any atom is 0.191 e. The molecule has 0 radical (unpaired) electrons. The lowest BCUT2D eigenvalue weighted by Crippen LogP contribution is -2.47. The van der Waals surface area contributed by atoms with Crippen LogP contribution in [0.5, 0.6) is 0 Å². The highest BCUT2D eigenvalue weighted by Gasteiger charge is 2.37. The van der Waals surface area contributed by atoms with Crippen molar-refractivity contribution >= 4 is 16.8 Å². The molecule has 0 aliphatic heterocycles. The summed E-state index contributed by atoms with van der Waals surface area (Å²) < 4.78 is 12.1. The number of hydrogen-bond donors (Lipinski definition) is 2. The second kappa shape index (κ2) is 8.90. The predicted octanol–water partition coefficient (Wildman–Crippen LogP) is 2.81. The van der Waals surface area contributed by atoms with Gasteiger partial charge in [0.15, 0.2) is 5.96 Å². The third-order valence-electron chi connectivity index (χ3n) is 4.84. The van der Waals surface area contributed by atoms with Gasteiger partial charge in [-0.05, 0) is 44.9 Å². The lowest BCUT2D eigenvalue weighted by molar-refractivity contribution is 0.413. The molecule has 128 valence electrons. The minimum Gasteiger partial charge on any atom is -0.354 e. The summed E-state index contributed by atoms with van der Waals surface area (Å²) in [4.78, 5) is 4.60. The third kappa shape index (κ3) is 5.25. The average Bonchev–Trinajstić information content (AvgIpc) is 3.25. The molecule has 2 aliphatic carbocycles. The van der Waals surface area contributed by atoms with Gasteiger partial charge in [0, 0.05) is 40.4 Å². The molecule has 5 heteroatoms. The summed E-state index contributed by atoms with van der Waals surface area (Å²) in [5.74, 6) is 2.59. The first-order valence-electron chi connectivity index (χ1n) is 9.12. The summed E-state index contributed by atoms with van der Waals surface area (Å²) in [6, 6.07) is 1.04. The van der Waals surface area contributed by atoms with Crippen LogP contribution < -0.4 is 10.6 Å². The minimum atomic E-state index is -0.660. The van der Waals surface area contributed by atoms with Crippen LogP contribution in [0.25, 0.3) is 0 Å². The molecule has 0 bridgehead atoms. The number of guanidine groups is 1. The van der Waals surface area contributed by atoms with E-state index < -0.39 is 10.8 Å². The first-order chi connectivity index (χ1) is 10.7. The van der Waals surface area contributed by atoms with Crippen LogP contribution in [-0.2, 0) is 10.8 Å². The van der Waals surface area contributed by atoms with E-state index in [-0.39, 0.29) is 0 Å². The fourth-order valence-electron chi connectivity index (χ4n) is 3.52. The SMILES string of the molecule is CCCC1CC1NC(=NCC)NC1CCCC(S(=O)CC)C1. The number of aliphatic imine (C=N–C) groups is 1. The van der Waals surface area contributed by atoms with Gasteiger partial charge < -0.3 is 10.6 Å². The highest BCUT2D eigenvalue weighted by Crippen LogP contribution is 2.34. The van der Waals surface area contributed by atoms with E-state index in [1.807, 2.05) is 6.92 Å². The molecule has 0 aromatic heterocycles. The first kappa shape index (κ1) is 17.8. The number of nitrogens with one attached hydrogen (secondary N) is 2. The zero-order valence-corrected chi connectivity index (χ0v) is 15.3. The van der Waals surface area contributed by atoms with E-state index >= 15 is 0 Å². The largest absolute Gasteiger partial charge is 0.354 e. The Labute approximate surface area is 138 Å². The predicted molar refractivity (Wildman–Crippen MR) is 95.8 cm³/mol. The normalized spacial score (nSPS) is 33.3. The Morgan fingerprint density at radius 3 is 2.68 bits per heavy atom. The Bertz CT molecular complexity index is 399. The molecule has 0 spiro atoms. The summed E-state index contributed by atoms with van der Waals surface area (Å²) in [6.45, 7) is 7.16. The summed E-state index contributed by atoms with van der Waals surface area (Å²) in [6.07, 6.45) is 8.36. The van der Waals surface area contributed by atoms with Crippen molar-refractivity contribution in [2.75, 3.05) is 12.3 Å². The van der Waals surface area contributed by atoms with Gasteiger partial charge in [-0.2, -0.15) is 0 Å². The molecule has 2 fully saturated rings. The molecule has 2 aliphatic rings. The molecule has 5 atom stereocenters. The lowest BCUT2D eigenvalue weighted by atomic mass is 9.95. The van der Waals surface area contributed by atoms with Crippen LogP contribution in [0.3, 0.4) is 0 Å². The Morgan fingerprint density at radius 1 is 1.18 bits per heavy atom. The van der Waals surface area contributed by atoms with E-state index in [0.717, 1.165) is 37.0 Å². The molecule has 0 amide bonds. The van der Waals surface area contributed by atoms with Gasteiger partial charge in [-0.25, -0.2) is 0 Å². The summed E-state index contributed by atoms with van der Waals surface area (Å²) in [7, 11) is -0.660. The molecule has 2 saturated carbocycles. The second-order valence-corrected chi connectivity index (χ2v) is 8.66. The van der Waals surface area contributed by atoms with E-state index in [0.29, 0.717) is 17.3 Å². The van der Waals surface area contributed by atoms with Crippen molar-refractivity contribution in [3.05, 3.63) is 0 Å². The van der Waals surface area contributed by atoms with Crippen LogP contribution in [0, 0.1) is 5.92 Å². The van der Waals surface area contributed by atoms with Crippen LogP contribution in [0.4, 0.5) is 0 Å². The molecule has 4 nitrogen and oxygen atoms in total.